The molecule has 166 valence electrons. The number of amides is 1. The van der Waals surface area contributed by atoms with Gasteiger partial charge in [-0.05, 0) is 55.2 Å². The number of hydrogen-bond donors (Lipinski definition) is 2. The monoisotopic (exact) mass is 461 g/mol. The number of nitrogens with zero attached hydrogens (tertiary/aromatic N) is 1. The molecule has 1 amide bonds. The fourth-order valence-electron chi connectivity index (χ4n) is 3.18. The van der Waals surface area contributed by atoms with Gasteiger partial charge in [-0.15, -0.1) is 11.3 Å². The van der Waals surface area contributed by atoms with Crippen molar-refractivity contribution in [1.29, 1.82) is 0 Å². The van der Waals surface area contributed by atoms with Gasteiger partial charge in [-0.25, -0.2) is 13.4 Å². The highest BCUT2D eigenvalue weighted by atomic mass is 32.2. The van der Waals surface area contributed by atoms with Crippen LogP contribution in [0, 0.1) is 12.8 Å². The Balaban J connectivity index is 1.74. The summed E-state index contributed by atoms with van der Waals surface area (Å²) < 4.78 is 34.5. The van der Waals surface area contributed by atoms with Gasteiger partial charge in [0, 0.05) is 6.54 Å². The third-order valence-corrected chi connectivity index (χ3v) is 7.13. The number of fused-ring (bicyclic) bond motifs is 1. The number of carbonyl (C=O) groups is 1. The molecule has 0 fully saturated rings. The molecular formula is C22H27N3O4S2. The summed E-state index contributed by atoms with van der Waals surface area (Å²) in [4.78, 5) is 17.3. The Morgan fingerprint density at radius 1 is 1.16 bits per heavy atom. The molecule has 0 radical (unpaired) electrons. The van der Waals surface area contributed by atoms with Gasteiger partial charge >= 0.3 is 0 Å². The Bertz CT molecular complexity index is 1160. The van der Waals surface area contributed by atoms with Crippen LogP contribution in [0.25, 0.3) is 10.2 Å². The Kier molecular flexibility index (Phi) is 7.30. The minimum Gasteiger partial charge on any atom is -0.497 e. The molecule has 2 aromatic carbocycles. The second kappa shape index (κ2) is 9.76. The normalized spacial score (nSPS) is 12.8. The number of methoxy groups -OCH3 is 1. The lowest BCUT2D eigenvalue weighted by atomic mass is 10.0. The smallest absolute Gasteiger partial charge is 0.241 e. The van der Waals surface area contributed by atoms with Gasteiger partial charge in [-0.1, -0.05) is 26.0 Å². The lowest BCUT2D eigenvalue weighted by Gasteiger charge is -2.20. The van der Waals surface area contributed by atoms with Crippen molar-refractivity contribution in [2.24, 2.45) is 5.92 Å². The van der Waals surface area contributed by atoms with E-state index in [0.717, 1.165) is 26.5 Å². The number of rotatable bonds is 9. The standard InChI is InChI=1S/C22H27N3O4S2/c1-14(2)11-20(22(26)23-13-16-5-7-17(29-4)8-6-16)25-31(27,28)18-9-10-19-21(12-18)30-15(3)24-19/h5-10,12,14,20,25H,11,13H2,1-4H3,(H,23,26)/t20-/m1/s1. The number of thiazole rings is 1. The van der Waals surface area contributed by atoms with Crippen molar-refractivity contribution in [2.45, 2.75) is 44.7 Å². The van der Waals surface area contributed by atoms with Gasteiger partial charge in [0.1, 0.15) is 11.8 Å². The first kappa shape index (κ1) is 23.2. The van der Waals surface area contributed by atoms with Crippen molar-refractivity contribution in [3.05, 3.63) is 53.0 Å². The molecule has 1 aromatic heterocycles. The quantitative estimate of drug-likeness (QED) is 0.507. The topological polar surface area (TPSA) is 97.4 Å². The first-order chi connectivity index (χ1) is 14.7. The summed E-state index contributed by atoms with van der Waals surface area (Å²) in [5.41, 5.74) is 1.66. The van der Waals surface area contributed by atoms with E-state index in [2.05, 4.69) is 15.0 Å². The summed E-state index contributed by atoms with van der Waals surface area (Å²) in [5.74, 6) is 0.502. The average molecular weight is 462 g/mol. The van der Waals surface area contributed by atoms with Gasteiger partial charge in [0.05, 0.1) is 27.2 Å². The maximum Gasteiger partial charge on any atom is 0.241 e. The summed E-state index contributed by atoms with van der Waals surface area (Å²) in [5, 5.41) is 3.70. The third kappa shape index (κ3) is 6.03. The second-order valence-electron chi connectivity index (χ2n) is 7.73. The zero-order chi connectivity index (χ0) is 22.6. The van der Waals surface area contributed by atoms with Crippen LogP contribution in [-0.2, 0) is 21.4 Å². The van der Waals surface area contributed by atoms with E-state index >= 15 is 0 Å². The molecule has 2 N–H and O–H groups in total. The molecule has 7 nitrogen and oxygen atoms in total. The van der Waals surface area contributed by atoms with Gasteiger partial charge in [-0.2, -0.15) is 4.72 Å². The number of benzene rings is 2. The number of hydrogen-bond acceptors (Lipinski definition) is 6. The Morgan fingerprint density at radius 3 is 2.52 bits per heavy atom. The van der Waals surface area contributed by atoms with Crippen LogP contribution in [0.15, 0.2) is 47.4 Å². The maximum absolute atomic E-state index is 13.0. The van der Waals surface area contributed by atoms with E-state index in [-0.39, 0.29) is 16.7 Å². The molecule has 0 bridgehead atoms. The highest BCUT2D eigenvalue weighted by molar-refractivity contribution is 7.89. The van der Waals surface area contributed by atoms with Crippen molar-refractivity contribution in [1.82, 2.24) is 15.0 Å². The third-order valence-electron chi connectivity index (χ3n) is 4.72. The Morgan fingerprint density at radius 2 is 1.87 bits per heavy atom. The van der Waals surface area contributed by atoms with Crippen LogP contribution < -0.4 is 14.8 Å². The van der Waals surface area contributed by atoms with Crippen molar-refractivity contribution in [3.63, 3.8) is 0 Å². The molecule has 0 unspecified atom stereocenters. The van der Waals surface area contributed by atoms with Crippen molar-refractivity contribution >= 4 is 37.5 Å². The SMILES string of the molecule is COc1ccc(CNC(=O)[C@@H](CC(C)C)NS(=O)(=O)c2ccc3nc(C)sc3c2)cc1. The van der Waals surface area contributed by atoms with Crippen LogP contribution in [-0.4, -0.2) is 32.5 Å². The predicted octanol–water partition coefficient (Wildman–Crippen LogP) is 3.62. The van der Waals surface area contributed by atoms with Crippen LogP contribution in [0.3, 0.4) is 0 Å². The van der Waals surface area contributed by atoms with E-state index in [1.807, 2.05) is 45.0 Å². The zero-order valence-electron chi connectivity index (χ0n) is 18.0. The van der Waals surface area contributed by atoms with E-state index in [4.69, 9.17) is 4.74 Å². The molecule has 1 heterocycles. The molecule has 1 atom stereocenters. The number of aromatic nitrogens is 1. The highest BCUT2D eigenvalue weighted by Gasteiger charge is 2.26. The number of carbonyl (C=O) groups excluding carboxylic acids is 1. The summed E-state index contributed by atoms with van der Waals surface area (Å²) in [6.07, 6.45) is 0.385. The molecular weight excluding hydrogens is 434 g/mol. The number of ether oxygens (including phenoxy) is 1. The molecule has 0 spiro atoms. The molecule has 31 heavy (non-hydrogen) atoms. The predicted molar refractivity (Wildman–Crippen MR) is 123 cm³/mol. The fraction of sp³-hybridized carbons (Fsp3) is 0.364. The van der Waals surface area contributed by atoms with E-state index in [1.54, 1.807) is 19.2 Å². The van der Waals surface area contributed by atoms with Crippen LogP contribution in [0.5, 0.6) is 5.75 Å². The van der Waals surface area contributed by atoms with E-state index in [1.165, 1.54) is 17.4 Å². The van der Waals surface area contributed by atoms with Crippen LogP contribution in [0.2, 0.25) is 0 Å². The summed E-state index contributed by atoms with van der Waals surface area (Å²) in [6.45, 7) is 6.07. The molecule has 3 aromatic rings. The molecule has 0 saturated heterocycles. The molecule has 0 aliphatic heterocycles. The molecule has 0 aliphatic rings. The lowest BCUT2D eigenvalue weighted by Crippen LogP contribution is -2.47. The van der Waals surface area contributed by atoms with Crippen LogP contribution in [0.1, 0.15) is 30.8 Å². The average Bonchev–Trinajstić information content (AvgIpc) is 3.10. The highest BCUT2D eigenvalue weighted by Crippen LogP contribution is 2.25. The van der Waals surface area contributed by atoms with Crippen molar-refractivity contribution in [3.8, 4) is 5.75 Å². The molecule has 3 rings (SSSR count). The summed E-state index contributed by atoms with van der Waals surface area (Å²) >= 11 is 1.44. The van der Waals surface area contributed by atoms with E-state index in [9.17, 15) is 13.2 Å². The van der Waals surface area contributed by atoms with Crippen molar-refractivity contribution in [2.75, 3.05) is 7.11 Å². The lowest BCUT2D eigenvalue weighted by molar-refractivity contribution is -0.123. The first-order valence-corrected chi connectivity index (χ1v) is 12.3. The van der Waals surface area contributed by atoms with Crippen molar-refractivity contribution < 1.29 is 17.9 Å². The molecule has 9 heteroatoms. The number of sulfonamides is 1. The fourth-order valence-corrected chi connectivity index (χ4v) is 5.35. The minimum atomic E-state index is -3.87. The summed E-state index contributed by atoms with van der Waals surface area (Å²) in [6, 6.07) is 11.3. The van der Waals surface area contributed by atoms with Gasteiger partial charge in [0.25, 0.3) is 0 Å². The van der Waals surface area contributed by atoms with Gasteiger partial charge in [-0.3, -0.25) is 4.79 Å². The first-order valence-electron chi connectivity index (χ1n) is 9.98. The van der Waals surface area contributed by atoms with Crippen LogP contribution >= 0.6 is 11.3 Å². The van der Waals surface area contributed by atoms with E-state index in [0.29, 0.717) is 13.0 Å². The number of nitrogens with one attached hydrogen (secondary N) is 2. The Hall–Kier alpha value is -2.49. The Labute approximate surface area is 186 Å². The molecule has 0 saturated carbocycles. The van der Waals surface area contributed by atoms with Crippen LogP contribution in [0.4, 0.5) is 0 Å². The van der Waals surface area contributed by atoms with Gasteiger partial charge in [0.2, 0.25) is 15.9 Å². The van der Waals surface area contributed by atoms with E-state index < -0.39 is 16.1 Å². The van der Waals surface area contributed by atoms with Gasteiger partial charge in [0.15, 0.2) is 0 Å². The summed E-state index contributed by atoms with van der Waals surface area (Å²) in [7, 11) is -2.28. The zero-order valence-corrected chi connectivity index (χ0v) is 19.6. The minimum absolute atomic E-state index is 0.125. The van der Waals surface area contributed by atoms with Gasteiger partial charge < -0.3 is 10.1 Å². The molecule has 0 aliphatic carbocycles. The number of aryl methyl sites for hydroxylation is 1. The maximum atomic E-state index is 13.0. The second-order valence-corrected chi connectivity index (χ2v) is 10.7. The largest absolute Gasteiger partial charge is 0.497 e.